The fraction of sp³-hybridized carbons (Fsp3) is 0.636. The first-order valence-electron chi connectivity index (χ1n) is 5.34. The van der Waals surface area contributed by atoms with Crippen LogP contribution in [0.2, 0.25) is 0 Å². The number of amides is 1. The molecule has 0 aromatic heterocycles. The molecule has 0 bridgehead atoms. The molecule has 0 saturated heterocycles. The van der Waals surface area contributed by atoms with Crippen molar-refractivity contribution in [2.24, 2.45) is 5.92 Å². The highest BCUT2D eigenvalue weighted by Gasteiger charge is 2.30. The van der Waals surface area contributed by atoms with Gasteiger partial charge >= 0.3 is 5.97 Å². The fourth-order valence-electron chi connectivity index (χ4n) is 1.84. The Morgan fingerprint density at radius 3 is 2.81 bits per heavy atom. The predicted octanol–water partition coefficient (Wildman–Crippen LogP) is 1.28. The van der Waals surface area contributed by atoms with Gasteiger partial charge in [0.1, 0.15) is 0 Å². The molecule has 16 heavy (non-hydrogen) atoms. The number of hydrogen-bond acceptors (Lipinski definition) is 3. The molecule has 90 valence electrons. The third-order valence-electron chi connectivity index (χ3n) is 2.62. The topological polar surface area (TPSA) is 66.4 Å². The van der Waals surface area contributed by atoms with E-state index in [0.29, 0.717) is 18.6 Å². The van der Waals surface area contributed by atoms with Crippen molar-refractivity contribution >= 4 is 23.6 Å². The molecule has 2 unspecified atom stereocenters. The SMILES string of the molecule is C=CCSCC(=O)NC1CCC(C(=O)O)C1. The molecule has 1 rings (SSSR count). The predicted molar refractivity (Wildman–Crippen MR) is 64.4 cm³/mol. The van der Waals surface area contributed by atoms with Crippen LogP contribution in [0.25, 0.3) is 0 Å². The molecule has 1 amide bonds. The molecule has 2 N–H and O–H groups in total. The van der Waals surface area contributed by atoms with E-state index in [1.807, 2.05) is 0 Å². The van der Waals surface area contributed by atoms with Crippen molar-refractivity contribution in [1.82, 2.24) is 5.32 Å². The number of nitrogens with one attached hydrogen (secondary N) is 1. The maximum atomic E-state index is 11.4. The molecule has 1 fully saturated rings. The van der Waals surface area contributed by atoms with Gasteiger partial charge in [0.05, 0.1) is 11.7 Å². The quantitative estimate of drug-likeness (QED) is 0.544. The maximum Gasteiger partial charge on any atom is 0.306 e. The second-order valence-electron chi connectivity index (χ2n) is 3.92. The van der Waals surface area contributed by atoms with Crippen LogP contribution >= 0.6 is 11.8 Å². The van der Waals surface area contributed by atoms with Gasteiger partial charge in [0.15, 0.2) is 0 Å². The van der Waals surface area contributed by atoms with Crippen LogP contribution in [0.15, 0.2) is 12.7 Å². The van der Waals surface area contributed by atoms with Crippen LogP contribution in [-0.2, 0) is 9.59 Å². The summed E-state index contributed by atoms with van der Waals surface area (Å²) in [6.07, 6.45) is 3.76. The summed E-state index contributed by atoms with van der Waals surface area (Å²) in [6, 6.07) is 0.0398. The number of carboxylic acids is 1. The van der Waals surface area contributed by atoms with Crippen LogP contribution in [0.4, 0.5) is 0 Å². The first-order chi connectivity index (χ1) is 7.63. The highest BCUT2D eigenvalue weighted by Crippen LogP contribution is 2.25. The molecule has 0 radical (unpaired) electrons. The highest BCUT2D eigenvalue weighted by atomic mass is 32.2. The number of aliphatic carboxylic acids is 1. The van der Waals surface area contributed by atoms with Gasteiger partial charge in [-0.2, -0.15) is 0 Å². The molecular weight excluding hydrogens is 226 g/mol. The molecule has 1 aliphatic carbocycles. The standard InChI is InChI=1S/C11H17NO3S/c1-2-5-16-7-10(13)12-9-4-3-8(6-9)11(14)15/h2,8-9H,1,3-7H2,(H,12,13)(H,14,15). The van der Waals surface area contributed by atoms with E-state index in [0.717, 1.165) is 12.2 Å². The van der Waals surface area contributed by atoms with Gasteiger partial charge in [-0.15, -0.1) is 18.3 Å². The average molecular weight is 243 g/mol. The zero-order valence-corrected chi connectivity index (χ0v) is 9.96. The van der Waals surface area contributed by atoms with Gasteiger partial charge in [-0.3, -0.25) is 9.59 Å². The van der Waals surface area contributed by atoms with E-state index < -0.39 is 5.97 Å². The van der Waals surface area contributed by atoms with E-state index in [9.17, 15) is 9.59 Å². The van der Waals surface area contributed by atoms with E-state index in [-0.39, 0.29) is 17.9 Å². The Kier molecular flexibility index (Phi) is 5.38. The lowest BCUT2D eigenvalue weighted by atomic mass is 10.1. The number of rotatable bonds is 6. The number of thioether (sulfide) groups is 1. The molecule has 4 nitrogen and oxygen atoms in total. The van der Waals surface area contributed by atoms with Gasteiger partial charge in [0.25, 0.3) is 0 Å². The molecule has 1 aliphatic rings. The summed E-state index contributed by atoms with van der Waals surface area (Å²) in [6.45, 7) is 3.57. The fourth-order valence-corrected chi connectivity index (χ4v) is 2.39. The van der Waals surface area contributed by atoms with Crippen molar-refractivity contribution in [1.29, 1.82) is 0 Å². The summed E-state index contributed by atoms with van der Waals surface area (Å²) in [4.78, 5) is 22.2. The van der Waals surface area contributed by atoms with E-state index in [1.165, 1.54) is 11.8 Å². The molecule has 1 saturated carbocycles. The molecule has 5 heteroatoms. The Labute approximate surface area is 99.5 Å². The van der Waals surface area contributed by atoms with Crippen LogP contribution in [0, 0.1) is 5.92 Å². The smallest absolute Gasteiger partial charge is 0.306 e. The number of carbonyl (C=O) groups excluding carboxylic acids is 1. The summed E-state index contributed by atoms with van der Waals surface area (Å²) in [7, 11) is 0. The van der Waals surface area contributed by atoms with Crippen molar-refractivity contribution in [2.45, 2.75) is 25.3 Å². The van der Waals surface area contributed by atoms with Crippen LogP contribution in [0.1, 0.15) is 19.3 Å². The van der Waals surface area contributed by atoms with Gasteiger partial charge in [-0.25, -0.2) is 0 Å². The van der Waals surface area contributed by atoms with E-state index >= 15 is 0 Å². The lowest BCUT2D eigenvalue weighted by Crippen LogP contribution is -2.34. The number of carbonyl (C=O) groups is 2. The van der Waals surface area contributed by atoms with E-state index in [1.54, 1.807) is 6.08 Å². The third kappa shape index (κ3) is 4.26. The van der Waals surface area contributed by atoms with Crippen molar-refractivity contribution in [3.05, 3.63) is 12.7 Å². The van der Waals surface area contributed by atoms with Crippen molar-refractivity contribution in [2.75, 3.05) is 11.5 Å². The molecule has 0 aromatic carbocycles. The van der Waals surface area contributed by atoms with Crippen LogP contribution in [-0.4, -0.2) is 34.5 Å². The Balaban J connectivity index is 2.20. The van der Waals surface area contributed by atoms with Crippen LogP contribution in [0.5, 0.6) is 0 Å². The first kappa shape index (κ1) is 13.1. The summed E-state index contributed by atoms with van der Waals surface area (Å²) in [5.41, 5.74) is 0. The van der Waals surface area contributed by atoms with Gasteiger partial charge in [0, 0.05) is 11.8 Å². The normalized spacial score (nSPS) is 24.0. The summed E-state index contributed by atoms with van der Waals surface area (Å²) < 4.78 is 0. The van der Waals surface area contributed by atoms with E-state index in [4.69, 9.17) is 5.11 Å². The van der Waals surface area contributed by atoms with E-state index in [2.05, 4.69) is 11.9 Å². The minimum Gasteiger partial charge on any atom is -0.481 e. The van der Waals surface area contributed by atoms with Crippen LogP contribution < -0.4 is 5.32 Å². The second kappa shape index (κ2) is 6.58. The molecule has 0 heterocycles. The Morgan fingerprint density at radius 1 is 1.50 bits per heavy atom. The van der Waals surface area contributed by atoms with Crippen LogP contribution in [0.3, 0.4) is 0 Å². The van der Waals surface area contributed by atoms with Gasteiger partial charge in [0.2, 0.25) is 5.91 Å². The molecule has 0 aliphatic heterocycles. The summed E-state index contributed by atoms with van der Waals surface area (Å²) in [5, 5.41) is 11.7. The summed E-state index contributed by atoms with van der Waals surface area (Å²) in [5.74, 6) is 0.127. The van der Waals surface area contributed by atoms with Crippen molar-refractivity contribution < 1.29 is 14.7 Å². The Morgan fingerprint density at radius 2 is 2.25 bits per heavy atom. The zero-order valence-electron chi connectivity index (χ0n) is 9.15. The second-order valence-corrected chi connectivity index (χ2v) is 4.95. The number of hydrogen-bond donors (Lipinski definition) is 2. The minimum absolute atomic E-state index is 0.0112. The van der Waals surface area contributed by atoms with Crippen molar-refractivity contribution in [3.63, 3.8) is 0 Å². The lowest BCUT2D eigenvalue weighted by Gasteiger charge is -2.11. The Bertz CT molecular complexity index is 280. The monoisotopic (exact) mass is 243 g/mol. The lowest BCUT2D eigenvalue weighted by molar-refractivity contribution is -0.141. The maximum absolute atomic E-state index is 11.4. The zero-order chi connectivity index (χ0) is 12.0. The molecule has 0 spiro atoms. The average Bonchev–Trinajstić information content (AvgIpc) is 2.66. The Hall–Kier alpha value is -0.970. The first-order valence-corrected chi connectivity index (χ1v) is 6.49. The summed E-state index contributed by atoms with van der Waals surface area (Å²) >= 11 is 1.51. The molecule has 2 atom stereocenters. The minimum atomic E-state index is -0.752. The highest BCUT2D eigenvalue weighted by molar-refractivity contribution is 8.00. The molecule has 0 aromatic rings. The number of carboxylic acid groups (broad SMARTS) is 1. The third-order valence-corrected chi connectivity index (χ3v) is 3.55. The molecular formula is C11H17NO3S. The van der Waals surface area contributed by atoms with Crippen molar-refractivity contribution in [3.8, 4) is 0 Å². The van der Waals surface area contributed by atoms with Gasteiger partial charge < -0.3 is 10.4 Å². The largest absolute Gasteiger partial charge is 0.481 e. The van der Waals surface area contributed by atoms with Gasteiger partial charge in [-0.1, -0.05) is 6.08 Å². The van der Waals surface area contributed by atoms with Gasteiger partial charge in [-0.05, 0) is 19.3 Å².